The molecule has 2 fully saturated rings. The Bertz CT molecular complexity index is 486. The fraction of sp³-hybridized carbons (Fsp3) is 0.812. The Kier molecular flexibility index (Phi) is 5.16. The molecule has 2 N–H and O–H groups in total. The van der Waals surface area contributed by atoms with E-state index in [1.165, 1.54) is 4.90 Å². The smallest absolute Gasteiger partial charge is 0.410 e. The van der Waals surface area contributed by atoms with E-state index in [1.54, 1.807) is 25.7 Å². The third-order valence-corrected chi connectivity index (χ3v) is 4.30. The largest absolute Gasteiger partial charge is 0.444 e. The van der Waals surface area contributed by atoms with Crippen LogP contribution in [0, 0.1) is 5.92 Å². The molecule has 0 unspecified atom stereocenters. The van der Waals surface area contributed by atoms with Crippen molar-refractivity contribution in [3.63, 3.8) is 0 Å². The van der Waals surface area contributed by atoms with Crippen LogP contribution >= 0.6 is 0 Å². The lowest BCUT2D eigenvalue weighted by molar-refractivity contribution is -0.139. The topological polar surface area (TPSA) is 92.9 Å². The summed E-state index contributed by atoms with van der Waals surface area (Å²) in [5.74, 6) is -0.749. The number of nitrogens with two attached hydrogens (primary N) is 1. The van der Waals surface area contributed by atoms with Crippen LogP contribution in [0.25, 0.3) is 0 Å². The second-order valence-electron chi connectivity index (χ2n) is 7.36. The highest BCUT2D eigenvalue weighted by atomic mass is 16.6. The zero-order valence-electron chi connectivity index (χ0n) is 14.2. The fourth-order valence-electron chi connectivity index (χ4n) is 3.18. The molecule has 0 aromatic carbocycles. The lowest BCUT2D eigenvalue weighted by atomic mass is 9.96. The molecule has 2 aliphatic rings. The summed E-state index contributed by atoms with van der Waals surface area (Å²) in [5.41, 5.74) is 4.78. The Morgan fingerprint density at radius 1 is 1.09 bits per heavy atom. The van der Waals surface area contributed by atoms with Crippen LogP contribution in [0.4, 0.5) is 4.79 Å². The van der Waals surface area contributed by atoms with Gasteiger partial charge in [0.25, 0.3) is 0 Å². The highest BCUT2D eigenvalue weighted by Gasteiger charge is 2.40. The van der Waals surface area contributed by atoms with Crippen LogP contribution in [0.1, 0.15) is 46.5 Å². The van der Waals surface area contributed by atoms with E-state index in [2.05, 4.69) is 0 Å². The van der Waals surface area contributed by atoms with Crippen LogP contribution in [-0.2, 0) is 14.3 Å². The number of primary amides is 1. The number of nitrogens with zero attached hydrogens (tertiary/aromatic N) is 2. The predicted molar refractivity (Wildman–Crippen MR) is 84.5 cm³/mol. The van der Waals surface area contributed by atoms with Crippen molar-refractivity contribution >= 4 is 17.9 Å². The van der Waals surface area contributed by atoms with Crippen molar-refractivity contribution in [2.75, 3.05) is 19.6 Å². The maximum atomic E-state index is 12.8. The van der Waals surface area contributed by atoms with E-state index in [0.717, 1.165) is 19.3 Å². The van der Waals surface area contributed by atoms with Crippen molar-refractivity contribution in [2.24, 2.45) is 11.7 Å². The van der Waals surface area contributed by atoms with Crippen LogP contribution in [0.15, 0.2) is 0 Å². The summed E-state index contributed by atoms with van der Waals surface area (Å²) >= 11 is 0. The normalized spacial score (nSPS) is 25.3. The first-order chi connectivity index (χ1) is 10.7. The van der Waals surface area contributed by atoms with Gasteiger partial charge in [-0.1, -0.05) is 0 Å². The van der Waals surface area contributed by atoms with Crippen LogP contribution in [0.3, 0.4) is 0 Å². The van der Waals surface area contributed by atoms with E-state index in [4.69, 9.17) is 10.5 Å². The Morgan fingerprint density at radius 2 is 1.74 bits per heavy atom. The zero-order valence-corrected chi connectivity index (χ0v) is 14.2. The molecule has 0 radical (unpaired) electrons. The molecule has 2 rings (SSSR count). The first kappa shape index (κ1) is 17.6. The van der Waals surface area contributed by atoms with Crippen LogP contribution < -0.4 is 5.73 Å². The summed E-state index contributed by atoms with van der Waals surface area (Å²) in [7, 11) is 0. The fourth-order valence-corrected chi connectivity index (χ4v) is 3.18. The number of rotatable bonds is 2. The van der Waals surface area contributed by atoms with Gasteiger partial charge in [0.15, 0.2) is 0 Å². The average molecular weight is 325 g/mol. The van der Waals surface area contributed by atoms with Gasteiger partial charge in [-0.05, 0) is 46.5 Å². The quantitative estimate of drug-likeness (QED) is 0.823. The molecule has 0 aliphatic carbocycles. The minimum Gasteiger partial charge on any atom is -0.444 e. The number of likely N-dealkylation sites (tertiary alicyclic amines) is 2. The number of carbonyl (C=O) groups is 3. The molecule has 2 atom stereocenters. The van der Waals surface area contributed by atoms with E-state index in [-0.39, 0.29) is 17.7 Å². The van der Waals surface area contributed by atoms with E-state index < -0.39 is 17.7 Å². The second kappa shape index (κ2) is 6.76. The van der Waals surface area contributed by atoms with Gasteiger partial charge in [0.2, 0.25) is 11.8 Å². The molecule has 0 saturated carbocycles. The number of piperidine rings is 1. The minimum atomic E-state index is -0.588. The molecule has 3 amide bonds. The van der Waals surface area contributed by atoms with E-state index in [0.29, 0.717) is 26.1 Å². The Labute approximate surface area is 137 Å². The van der Waals surface area contributed by atoms with Crippen molar-refractivity contribution in [3.8, 4) is 0 Å². The molecule has 7 nitrogen and oxygen atoms in total. The SMILES string of the molecule is CC(C)(C)OC(=O)N1CCC[C@@H]1C(=O)N1CCC[C@H](C(N)=O)C1. The number of ether oxygens (including phenoxy) is 1. The molecule has 0 bridgehead atoms. The van der Waals surface area contributed by atoms with Crippen molar-refractivity contribution in [3.05, 3.63) is 0 Å². The monoisotopic (exact) mass is 325 g/mol. The highest BCUT2D eigenvalue weighted by molar-refractivity contribution is 5.87. The summed E-state index contributed by atoms with van der Waals surface area (Å²) in [5, 5.41) is 0. The summed E-state index contributed by atoms with van der Waals surface area (Å²) in [4.78, 5) is 39.6. The second-order valence-corrected chi connectivity index (χ2v) is 7.36. The van der Waals surface area contributed by atoms with Gasteiger partial charge in [-0.2, -0.15) is 0 Å². The first-order valence-electron chi connectivity index (χ1n) is 8.27. The minimum absolute atomic E-state index is 0.0979. The summed E-state index contributed by atoms with van der Waals surface area (Å²) in [6.07, 6.45) is 2.45. The van der Waals surface area contributed by atoms with Gasteiger partial charge in [0.1, 0.15) is 11.6 Å². The van der Waals surface area contributed by atoms with Crippen molar-refractivity contribution in [2.45, 2.75) is 58.1 Å². The number of carbonyl (C=O) groups excluding carboxylic acids is 3. The van der Waals surface area contributed by atoms with Gasteiger partial charge in [-0.3, -0.25) is 14.5 Å². The third kappa shape index (κ3) is 4.36. The van der Waals surface area contributed by atoms with E-state index in [1.807, 2.05) is 0 Å². The molecule has 7 heteroatoms. The maximum absolute atomic E-state index is 12.8. The van der Waals surface area contributed by atoms with Crippen molar-refractivity contribution < 1.29 is 19.1 Å². The lowest BCUT2D eigenvalue weighted by Crippen LogP contribution is -2.52. The van der Waals surface area contributed by atoms with Crippen molar-refractivity contribution in [1.29, 1.82) is 0 Å². The van der Waals surface area contributed by atoms with Gasteiger partial charge in [-0.15, -0.1) is 0 Å². The molecule has 130 valence electrons. The van der Waals surface area contributed by atoms with Crippen molar-refractivity contribution in [1.82, 2.24) is 9.80 Å². The maximum Gasteiger partial charge on any atom is 0.410 e. The summed E-state index contributed by atoms with van der Waals surface area (Å²) in [6, 6.07) is -0.489. The average Bonchev–Trinajstić information content (AvgIpc) is 2.94. The molecular formula is C16H27N3O4. The van der Waals surface area contributed by atoms with Crippen LogP contribution in [-0.4, -0.2) is 59.0 Å². The van der Waals surface area contributed by atoms with E-state index in [9.17, 15) is 14.4 Å². The van der Waals surface area contributed by atoms with Crippen LogP contribution in [0.5, 0.6) is 0 Å². The van der Waals surface area contributed by atoms with Gasteiger partial charge in [0, 0.05) is 19.6 Å². The number of hydrogen-bond acceptors (Lipinski definition) is 4. The predicted octanol–water partition coefficient (Wildman–Crippen LogP) is 1.11. The Hall–Kier alpha value is -1.79. The van der Waals surface area contributed by atoms with Gasteiger partial charge >= 0.3 is 6.09 Å². The van der Waals surface area contributed by atoms with Gasteiger partial charge in [-0.25, -0.2) is 4.79 Å². The molecule has 23 heavy (non-hydrogen) atoms. The van der Waals surface area contributed by atoms with Crippen LogP contribution in [0.2, 0.25) is 0 Å². The Morgan fingerprint density at radius 3 is 2.35 bits per heavy atom. The molecule has 2 heterocycles. The van der Waals surface area contributed by atoms with Gasteiger partial charge < -0.3 is 15.4 Å². The summed E-state index contributed by atoms with van der Waals surface area (Å²) in [6.45, 7) is 6.91. The Balaban J connectivity index is 2.02. The third-order valence-electron chi connectivity index (χ3n) is 4.30. The number of amides is 3. The lowest BCUT2D eigenvalue weighted by Gasteiger charge is -2.35. The highest BCUT2D eigenvalue weighted by Crippen LogP contribution is 2.25. The summed E-state index contributed by atoms with van der Waals surface area (Å²) < 4.78 is 5.39. The molecule has 2 saturated heterocycles. The molecule has 2 aliphatic heterocycles. The zero-order chi connectivity index (χ0) is 17.2. The first-order valence-corrected chi connectivity index (χ1v) is 8.27. The van der Waals surface area contributed by atoms with E-state index >= 15 is 0 Å². The molecular weight excluding hydrogens is 298 g/mol. The van der Waals surface area contributed by atoms with Gasteiger partial charge in [0.05, 0.1) is 5.92 Å². The molecule has 0 spiro atoms. The molecule has 0 aromatic rings. The number of hydrogen-bond donors (Lipinski definition) is 1. The standard InChI is InChI=1S/C16H27N3O4/c1-16(2,3)23-15(22)19-9-5-7-12(19)14(21)18-8-4-6-11(10-18)13(17)20/h11-12H,4-10H2,1-3H3,(H2,17,20)/t11-,12+/m0/s1. The molecule has 0 aromatic heterocycles.